The van der Waals surface area contributed by atoms with E-state index in [2.05, 4.69) is 31.3 Å². The second-order valence-electron chi connectivity index (χ2n) is 3.68. The lowest BCUT2D eigenvalue weighted by atomic mass is 10.3. The van der Waals surface area contributed by atoms with E-state index in [9.17, 15) is 9.59 Å². The molecule has 1 heterocycles. The van der Waals surface area contributed by atoms with E-state index in [4.69, 9.17) is 4.74 Å². The number of likely N-dealkylation sites (N-methyl/N-ethyl adjacent to an activating group) is 1. The molecule has 1 aromatic heterocycles. The van der Waals surface area contributed by atoms with Crippen LogP contribution in [0.4, 0.5) is 5.69 Å². The normalized spacial score (nSPS) is 9.85. The van der Waals surface area contributed by atoms with Crippen molar-refractivity contribution in [3.8, 4) is 5.75 Å². The molecule has 2 amide bonds. The lowest BCUT2D eigenvalue weighted by Crippen LogP contribution is -2.24. The van der Waals surface area contributed by atoms with Gasteiger partial charge in [-0.25, -0.2) is 0 Å². The fraction of sp³-hybridized carbons (Fsp3) is 0.182. The van der Waals surface area contributed by atoms with E-state index in [1.54, 1.807) is 24.3 Å². The Morgan fingerprint density at radius 2 is 2.25 bits per heavy atom. The quantitative estimate of drug-likeness (QED) is 0.681. The van der Waals surface area contributed by atoms with Crippen molar-refractivity contribution in [3.05, 3.63) is 30.1 Å². The third-order valence-electron chi connectivity index (χ3n) is 2.29. The molecule has 2 rings (SSSR count). The molecule has 0 fully saturated rings. The zero-order valence-electron chi connectivity index (χ0n) is 10.6. The number of carbonyl (C=O) groups is 2. The molecule has 0 unspecified atom stereocenters. The molecule has 1 aromatic carbocycles. The molecule has 2 aromatic rings. The molecule has 20 heavy (non-hydrogen) atoms. The molecular weight excluding hydrogens is 264 g/mol. The standard InChI is InChI=1S/C11H12N6O3/c1-12-9(18)6-20-8-4-2-3-7(5-8)13-11(19)10-14-16-17-15-10/h2-5H,6H2,1H3,(H,12,18)(H,13,19)(H,14,15,16,17). The van der Waals surface area contributed by atoms with E-state index in [0.717, 1.165) is 0 Å². The van der Waals surface area contributed by atoms with Gasteiger partial charge in [0.05, 0.1) is 0 Å². The molecule has 0 atom stereocenters. The predicted molar refractivity (Wildman–Crippen MR) is 68.1 cm³/mol. The van der Waals surface area contributed by atoms with Gasteiger partial charge < -0.3 is 15.4 Å². The average molecular weight is 276 g/mol. The number of nitrogens with one attached hydrogen (secondary N) is 3. The van der Waals surface area contributed by atoms with Crippen molar-refractivity contribution in [3.63, 3.8) is 0 Å². The van der Waals surface area contributed by atoms with E-state index in [-0.39, 0.29) is 18.3 Å². The van der Waals surface area contributed by atoms with Crippen LogP contribution in [0.5, 0.6) is 5.75 Å². The van der Waals surface area contributed by atoms with E-state index >= 15 is 0 Å². The summed E-state index contributed by atoms with van der Waals surface area (Å²) >= 11 is 0. The fourth-order valence-corrected chi connectivity index (χ4v) is 1.33. The van der Waals surface area contributed by atoms with Crippen molar-refractivity contribution in [1.82, 2.24) is 25.9 Å². The topological polar surface area (TPSA) is 122 Å². The summed E-state index contributed by atoms with van der Waals surface area (Å²) in [7, 11) is 1.52. The Hall–Kier alpha value is -2.97. The highest BCUT2D eigenvalue weighted by Crippen LogP contribution is 2.17. The Bertz CT molecular complexity index is 598. The van der Waals surface area contributed by atoms with Crippen molar-refractivity contribution in [2.75, 3.05) is 19.0 Å². The number of rotatable bonds is 5. The second-order valence-corrected chi connectivity index (χ2v) is 3.68. The third-order valence-corrected chi connectivity index (χ3v) is 2.29. The summed E-state index contributed by atoms with van der Waals surface area (Å²) in [6, 6.07) is 6.61. The molecule has 3 N–H and O–H groups in total. The number of amides is 2. The van der Waals surface area contributed by atoms with Crippen LogP contribution in [0.1, 0.15) is 10.6 Å². The molecule has 104 valence electrons. The second kappa shape index (κ2) is 6.27. The van der Waals surface area contributed by atoms with Gasteiger partial charge in [-0.05, 0) is 17.3 Å². The van der Waals surface area contributed by atoms with Gasteiger partial charge in [0.15, 0.2) is 6.61 Å². The van der Waals surface area contributed by atoms with Crippen LogP contribution >= 0.6 is 0 Å². The van der Waals surface area contributed by atoms with E-state index in [0.29, 0.717) is 11.4 Å². The Balaban J connectivity index is 1.99. The number of nitrogens with zero attached hydrogens (tertiary/aromatic N) is 3. The minimum Gasteiger partial charge on any atom is -0.484 e. The lowest BCUT2D eigenvalue weighted by Gasteiger charge is -2.07. The maximum atomic E-state index is 11.7. The number of anilines is 1. The molecule has 9 heteroatoms. The number of tetrazole rings is 1. The van der Waals surface area contributed by atoms with Gasteiger partial charge in [-0.1, -0.05) is 6.07 Å². The number of carbonyl (C=O) groups excluding carboxylic acids is 2. The summed E-state index contributed by atoms with van der Waals surface area (Å²) < 4.78 is 5.26. The van der Waals surface area contributed by atoms with Crippen LogP contribution in [0.3, 0.4) is 0 Å². The first-order valence-corrected chi connectivity index (χ1v) is 5.67. The van der Waals surface area contributed by atoms with Gasteiger partial charge in [0.2, 0.25) is 0 Å². The number of benzene rings is 1. The first kappa shape index (κ1) is 13.5. The minimum absolute atomic E-state index is 0.0679. The third kappa shape index (κ3) is 3.51. The molecule has 0 aliphatic carbocycles. The van der Waals surface area contributed by atoms with Crippen LogP contribution < -0.4 is 15.4 Å². The van der Waals surface area contributed by atoms with Crippen molar-refractivity contribution in [1.29, 1.82) is 0 Å². The van der Waals surface area contributed by atoms with Crippen molar-refractivity contribution >= 4 is 17.5 Å². The highest BCUT2D eigenvalue weighted by Gasteiger charge is 2.11. The molecule has 0 aliphatic heterocycles. The van der Waals surface area contributed by atoms with Gasteiger partial charge >= 0.3 is 0 Å². The number of aromatic nitrogens is 4. The lowest BCUT2D eigenvalue weighted by molar-refractivity contribution is -0.122. The molecule has 0 radical (unpaired) electrons. The van der Waals surface area contributed by atoms with Crippen LogP contribution in [-0.2, 0) is 4.79 Å². The van der Waals surface area contributed by atoms with Gasteiger partial charge in [-0.2, -0.15) is 5.21 Å². The van der Waals surface area contributed by atoms with Gasteiger partial charge in [0, 0.05) is 18.8 Å². The van der Waals surface area contributed by atoms with Gasteiger partial charge in [0.25, 0.3) is 17.6 Å². The first-order valence-electron chi connectivity index (χ1n) is 5.67. The molecule has 0 spiro atoms. The fourth-order valence-electron chi connectivity index (χ4n) is 1.33. The Labute approximate surface area is 113 Å². The predicted octanol–water partition coefficient (Wildman–Crippen LogP) is -0.423. The zero-order valence-corrected chi connectivity index (χ0v) is 10.6. The average Bonchev–Trinajstić information content (AvgIpc) is 2.99. The van der Waals surface area contributed by atoms with Crippen molar-refractivity contribution in [2.24, 2.45) is 0 Å². The highest BCUT2D eigenvalue weighted by atomic mass is 16.5. The van der Waals surface area contributed by atoms with Gasteiger partial charge in [0.1, 0.15) is 5.75 Å². The Morgan fingerprint density at radius 3 is 2.95 bits per heavy atom. The molecule has 0 bridgehead atoms. The Kier molecular flexibility index (Phi) is 4.22. The number of aromatic amines is 1. The molecule has 0 saturated carbocycles. The summed E-state index contributed by atoms with van der Waals surface area (Å²) in [6.07, 6.45) is 0. The summed E-state index contributed by atoms with van der Waals surface area (Å²) in [4.78, 5) is 22.8. The first-order chi connectivity index (χ1) is 9.69. The molecule has 9 nitrogen and oxygen atoms in total. The minimum atomic E-state index is -0.498. The number of H-pyrrole nitrogens is 1. The maximum Gasteiger partial charge on any atom is 0.297 e. The van der Waals surface area contributed by atoms with E-state index < -0.39 is 5.91 Å². The van der Waals surface area contributed by atoms with Crippen LogP contribution in [0, 0.1) is 0 Å². The monoisotopic (exact) mass is 276 g/mol. The van der Waals surface area contributed by atoms with E-state index in [1.807, 2.05) is 0 Å². The summed E-state index contributed by atoms with van der Waals surface area (Å²) in [6.45, 7) is -0.0985. The summed E-state index contributed by atoms with van der Waals surface area (Å²) in [5.74, 6) is -0.352. The van der Waals surface area contributed by atoms with Crippen molar-refractivity contribution < 1.29 is 14.3 Å². The van der Waals surface area contributed by atoms with Crippen LogP contribution in [-0.4, -0.2) is 46.1 Å². The van der Waals surface area contributed by atoms with Crippen LogP contribution in [0.15, 0.2) is 24.3 Å². The Morgan fingerprint density at radius 1 is 1.40 bits per heavy atom. The molecular formula is C11H12N6O3. The van der Waals surface area contributed by atoms with E-state index in [1.165, 1.54) is 7.05 Å². The zero-order chi connectivity index (χ0) is 14.4. The molecule has 0 saturated heterocycles. The highest BCUT2D eigenvalue weighted by molar-refractivity contribution is 6.01. The van der Waals surface area contributed by atoms with Crippen LogP contribution in [0.2, 0.25) is 0 Å². The number of hydrogen-bond acceptors (Lipinski definition) is 6. The summed E-state index contributed by atoms with van der Waals surface area (Å²) in [5.41, 5.74) is 0.495. The SMILES string of the molecule is CNC(=O)COc1cccc(NC(=O)c2nn[nH]n2)c1. The van der Waals surface area contributed by atoms with Crippen molar-refractivity contribution in [2.45, 2.75) is 0 Å². The number of hydrogen-bond donors (Lipinski definition) is 3. The van der Waals surface area contributed by atoms with Gasteiger partial charge in [-0.3, -0.25) is 9.59 Å². The smallest absolute Gasteiger partial charge is 0.297 e. The summed E-state index contributed by atoms with van der Waals surface area (Å²) in [5, 5.41) is 17.6. The molecule has 0 aliphatic rings. The van der Waals surface area contributed by atoms with Crippen LogP contribution in [0.25, 0.3) is 0 Å². The number of ether oxygens (including phenoxy) is 1. The van der Waals surface area contributed by atoms with Gasteiger partial charge in [-0.15, -0.1) is 10.2 Å². The maximum absolute atomic E-state index is 11.7. The largest absolute Gasteiger partial charge is 0.484 e.